The van der Waals surface area contributed by atoms with Gasteiger partial charge in [-0.3, -0.25) is 0 Å². The first-order chi connectivity index (χ1) is 28.7. The molecule has 0 aliphatic heterocycles. The molecular formula is C56H39NO. The molecule has 0 N–H and O–H groups in total. The quantitative estimate of drug-likeness (QED) is 0.146. The van der Waals surface area contributed by atoms with E-state index in [1.807, 2.05) is 12.1 Å². The van der Waals surface area contributed by atoms with E-state index < -0.39 is 0 Å². The molecule has 9 aromatic carbocycles. The lowest BCUT2D eigenvalue weighted by molar-refractivity contribution is 0.631. The minimum absolute atomic E-state index is 0.831. The van der Waals surface area contributed by atoms with Crippen LogP contribution in [-0.2, 0) is 0 Å². The maximum absolute atomic E-state index is 6.49. The van der Waals surface area contributed by atoms with Crippen LogP contribution in [0.1, 0.15) is 0 Å². The molecular weight excluding hydrogens is 703 g/mol. The highest BCUT2D eigenvalue weighted by Crippen LogP contribution is 2.44. The van der Waals surface area contributed by atoms with Crippen molar-refractivity contribution in [2.45, 2.75) is 0 Å². The van der Waals surface area contributed by atoms with Crippen LogP contribution in [-0.4, -0.2) is 0 Å². The van der Waals surface area contributed by atoms with Crippen LogP contribution in [0.5, 0.6) is 0 Å². The Morgan fingerprint density at radius 2 is 0.672 bits per heavy atom. The molecule has 0 spiro atoms. The fourth-order valence-corrected chi connectivity index (χ4v) is 8.00. The molecule has 0 amide bonds. The molecule has 274 valence electrons. The number of para-hydroxylation sites is 2. The molecule has 0 aliphatic carbocycles. The number of anilines is 3. The molecule has 0 radical (unpaired) electrons. The first-order valence-corrected chi connectivity index (χ1v) is 19.7. The average molecular weight is 742 g/mol. The Morgan fingerprint density at radius 1 is 0.276 bits per heavy atom. The molecule has 0 bridgehead atoms. The van der Waals surface area contributed by atoms with E-state index in [0.29, 0.717) is 0 Å². The van der Waals surface area contributed by atoms with Crippen molar-refractivity contribution in [2.75, 3.05) is 4.90 Å². The van der Waals surface area contributed by atoms with E-state index in [2.05, 4.69) is 229 Å². The summed E-state index contributed by atoms with van der Waals surface area (Å²) in [6, 6.07) is 84.2. The zero-order chi connectivity index (χ0) is 38.7. The minimum atomic E-state index is 0.831. The van der Waals surface area contributed by atoms with Gasteiger partial charge in [-0.05, 0) is 122 Å². The molecule has 2 nitrogen and oxygen atoms in total. The molecule has 0 saturated carbocycles. The molecule has 0 fully saturated rings. The van der Waals surface area contributed by atoms with Crippen LogP contribution in [0.2, 0.25) is 0 Å². The predicted octanol–water partition coefficient (Wildman–Crippen LogP) is 15.9. The maximum Gasteiger partial charge on any atom is 0.137 e. The first-order valence-electron chi connectivity index (χ1n) is 19.7. The van der Waals surface area contributed by atoms with Crippen LogP contribution in [0.25, 0.3) is 77.9 Å². The van der Waals surface area contributed by atoms with Crippen molar-refractivity contribution in [3.63, 3.8) is 0 Å². The van der Waals surface area contributed by atoms with Gasteiger partial charge in [-0.2, -0.15) is 0 Å². The molecule has 58 heavy (non-hydrogen) atoms. The summed E-state index contributed by atoms with van der Waals surface area (Å²) in [6.45, 7) is 0. The largest absolute Gasteiger partial charge is 0.456 e. The van der Waals surface area contributed by atoms with E-state index in [9.17, 15) is 0 Å². The Bertz CT molecular complexity index is 2880. The fourth-order valence-electron chi connectivity index (χ4n) is 8.00. The number of furan rings is 1. The van der Waals surface area contributed by atoms with Crippen LogP contribution in [0.15, 0.2) is 241 Å². The van der Waals surface area contributed by atoms with Crippen LogP contribution in [0.3, 0.4) is 0 Å². The lowest BCUT2D eigenvalue weighted by atomic mass is 9.93. The summed E-state index contributed by atoms with van der Waals surface area (Å²) >= 11 is 0. The van der Waals surface area contributed by atoms with Crippen molar-refractivity contribution < 1.29 is 4.42 Å². The van der Waals surface area contributed by atoms with Gasteiger partial charge in [0.1, 0.15) is 11.3 Å². The minimum Gasteiger partial charge on any atom is -0.456 e. The Hall–Kier alpha value is -7.68. The van der Waals surface area contributed by atoms with Gasteiger partial charge >= 0.3 is 0 Å². The standard InChI is InChI=1S/C56H39NO/c1-4-16-40(17-5-1)46-36-47(41-18-6-2-7-19-41)38-48(37-46)42-28-32-49(33-29-42)57(54-26-14-13-25-53(54)56-39-45-22-10-15-27-55(45)58-56)50-34-30-44(31-35-50)52-24-12-11-23-51(52)43-20-8-3-9-21-43/h1-39H. The van der Waals surface area contributed by atoms with E-state index in [4.69, 9.17) is 4.42 Å². The molecule has 1 heterocycles. The Kier molecular flexibility index (Phi) is 9.27. The number of nitrogens with zero attached hydrogens (tertiary/aromatic N) is 1. The second kappa shape index (κ2) is 15.5. The van der Waals surface area contributed by atoms with Gasteiger partial charge in [0.05, 0.1) is 5.69 Å². The number of rotatable bonds is 9. The lowest BCUT2D eigenvalue weighted by Crippen LogP contribution is -2.11. The van der Waals surface area contributed by atoms with Gasteiger partial charge in [0.25, 0.3) is 0 Å². The SMILES string of the molecule is c1ccc(-c2cc(-c3ccccc3)cc(-c3ccc(N(c4ccc(-c5ccccc5-c5ccccc5)cc4)c4ccccc4-c4cc5ccccc5o4)cc3)c2)cc1. The molecule has 10 rings (SSSR count). The third-order valence-corrected chi connectivity index (χ3v) is 10.9. The van der Waals surface area contributed by atoms with Crippen molar-refractivity contribution >= 4 is 28.0 Å². The van der Waals surface area contributed by atoms with Crippen LogP contribution in [0.4, 0.5) is 17.1 Å². The lowest BCUT2D eigenvalue weighted by Gasteiger charge is -2.28. The van der Waals surface area contributed by atoms with Gasteiger partial charge in [0.2, 0.25) is 0 Å². The molecule has 0 saturated heterocycles. The summed E-state index contributed by atoms with van der Waals surface area (Å²) < 4.78 is 6.49. The van der Waals surface area contributed by atoms with E-state index in [-0.39, 0.29) is 0 Å². The van der Waals surface area contributed by atoms with Gasteiger partial charge in [-0.15, -0.1) is 0 Å². The maximum atomic E-state index is 6.49. The highest BCUT2D eigenvalue weighted by atomic mass is 16.3. The second-order valence-corrected chi connectivity index (χ2v) is 14.5. The van der Waals surface area contributed by atoms with Gasteiger partial charge in [-0.1, -0.05) is 170 Å². The zero-order valence-electron chi connectivity index (χ0n) is 31.9. The molecule has 10 aromatic rings. The Labute approximate surface area is 339 Å². The highest BCUT2D eigenvalue weighted by Gasteiger charge is 2.20. The smallest absolute Gasteiger partial charge is 0.137 e. The van der Waals surface area contributed by atoms with E-state index in [1.54, 1.807) is 0 Å². The normalized spacial score (nSPS) is 11.1. The Balaban J connectivity index is 1.09. The number of hydrogen-bond acceptors (Lipinski definition) is 2. The van der Waals surface area contributed by atoms with Crippen molar-refractivity contribution in [1.82, 2.24) is 0 Å². The summed E-state index contributed by atoms with van der Waals surface area (Å²) in [5.74, 6) is 0.831. The summed E-state index contributed by atoms with van der Waals surface area (Å²) in [6.07, 6.45) is 0. The summed E-state index contributed by atoms with van der Waals surface area (Å²) in [7, 11) is 0. The molecule has 0 atom stereocenters. The van der Waals surface area contributed by atoms with Gasteiger partial charge in [0.15, 0.2) is 0 Å². The van der Waals surface area contributed by atoms with Crippen LogP contribution < -0.4 is 4.90 Å². The summed E-state index contributed by atoms with van der Waals surface area (Å²) in [5, 5.41) is 1.08. The Morgan fingerprint density at radius 3 is 1.21 bits per heavy atom. The zero-order valence-corrected chi connectivity index (χ0v) is 31.9. The predicted molar refractivity (Wildman–Crippen MR) is 244 cm³/mol. The highest BCUT2D eigenvalue weighted by molar-refractivity contribution is 5.92. The number of benzene rings is 9. The summed E-state index contributed by atoms with van der Waals surface area (Å²) in [5.41, 5.74) is 16.9. The molecule has 0 unspecified atom stereocenters. The van der Waals surface area contributed by atoms with Crippen LogP contribution in [0, 0.1) is 0 Å². The molecule has 1 aromatic heterocycles. The topological polar surface area (TPSA) is 16.4 Å². The van der Waals surface area contributed by atoms with Crippen molar-refractivity contribution in [3.8, 4) is 67.0 Å². The first kappa shape index (κ1) is 34.8. The van der Waals surface area contributed by atoms with Crippen molar-refractivity contribution in [3.05, 3.63) is 237 Å². The van der Waals surface area contributed by atoms with Crippen LogP contribution >= 0.6 is 0 Å². The monoisotopic (exact) mass is 741 g/mol. The fraction of sp³-hybridized carbons (Fsp3) is 0. The third kappa shape index (κ3) is 6.89. The summed E-state index contributed by atoms with van der Waals surface area (Å²) in [4.78, 5) is 2.34. The second-order valence-electron chi connectivity index (χ2n) is 14.5. The van der Waals surface area contributed by atoms with E-state index in [1.165, 1.54) is 44.5 Å². The van der Waals surface area contributed by atoms with E-state index >= 15 is 0 Å². The van der Waals surface area contributed by atoms with Crippen molar-refractivity contribution in [2.24, 2.45) is 0 Å². The molecule has 0 aliphatic rings. The van der Waals surface area contributed by atoms with Gasteiger partial charge < -0.3 is 9.32 Å². The van der Waals surface area contributed by atoms with E-state index in [0.717, 1.165) is 50.5 Å². The average Bonchev–Trinajstić information content (AvgIpc) is 3.75. The van der Waals surface area contributed by atoms with Crippen molar-refractivity contribution in [1.29, 1.82) is 0 Å². The number of fused-ring (bicyclic) bond motifs is 1. The van der Waals surface area contributed by atoms with Gasteiger partial charge in [-0.25, -0.2) is 0 Å². The van der Waals surface area contributed by atoms with Gasteiger partial charge in [0, 0.05) is 22.3 Å². The number of hydrogen-bond donors (Lipinski definition) is 0. The third-order valence-electron chi connectivity index (χ3n) is 10.9. The molecule has 2 heteroatoms.